The predicted octanol–water partition coefficient (Wildman–Crippen LogP) is 2.81. The Balaban J connectivity index is 2.15. The van der Waals surface area contributed by atoms with E-state index in [2.05, 4.69) is 23.9 Å². The van der Waals surface area contributed by atoms with Gasteiger partial charge in [0.2, 0.25) is 0 Å². The first kappa shape index (κ1) is 14.4. The zero-order valence-corrected chi connectivity index (χ0v) is 11.9. The van der Waals surface area contributed by atoms with Crippen LogP contribution in [-0.4, -0.2) is 20.5 Å². The van der Waals surface area contributed by atoms with Crippen LogP contribution < -0.4 is 0 Å². The van der Waals surface area contributed by atoms with Gasteiger partial charge in [-0.2, -0.15) is 5.10 Å². The summed E-state index contributed by atoms with van der Waals surface area (Å²) in [7, 11) is 0. The van der Waals surface area contributed by atoms with Crippen molar-refractivity contribution in [3.05, 3.63) is 47.3 Å². The first-order chi connectivity index (χ1) is 9.47. The van der Waals surface area contributed by atoms with E-state index in [1.54, 1.807) is 23.7 Å². The second kappa shape index (κ2) is 5.94. The molecule has 0 saturated heterocycles. The Kier molecular flexibility index (Phi) is 4.27. The van der Waals surface area contributed by atoms with Crippen LogP contribution in [-0.2, 0) is 13.0 Å². The van der Waals surface area contributed by atoms with Crippen LogP contribution in [0.5, 0.6) is 0 Å². The lowest BCUT2D eigenvalue weighted by Crippen LogP contribution is -2.14. The van der Waals surface area contributed by atoms with Crippen molar-refractivity contribution in [2.45, 2.75) is 33.7 Å². The molecule has 1 aromatic heterocycles. The Morgan fingerprint density at radius 1 is 1.40 bits per heavy atom. The molecule has 20 heavy (non-hydrogen) atoms. The van der Waals surface area contributed by atoms with E-state index in [4.69, 9.17) is 0 Å². The van der Waals surface area contributed by atoms with Gasteiger partial charge in [-0.3, -0.25) is 4.79 Å². The highest BCUT2D eigenvalue weighted by atomic mass is 19.1. The Morgan fingerprint density at radius 2 is 2.15 bits per heavy atom. The molecule has 4 nitrogen and oxygen atoms in total. The maximum atomic E-state index is 13.5. The Bertz CT molecular complexity index is 619. The van der Waals surface area contributed by atoms with Crippen LogP contribution >= 0.6 is 0 Å². The molecule has 0 unspecified atom stereocenters. The van der Waals surface area contributed by atoms with Crippen molar-refractivity contribution in [1.29, 1.82) is 0 Å². The summed E-state index contributed by atoms with van der Waals surface area (Å²) in [5.74, 6) is 0.522. The summed E-state index contributed by atoms with van der Waals surface area (Å²) in [6.45, 7) is 6.53. The third kappa shape index (κ3) is 3.29. The molecule has 106 valence electrons. The molecule has 0 amide bonds. The highest BCUT2D eigenvalue weighted by Crippen LogP contribution is 2.12. The molecular weight excluding hydrogens is 257 g/mol. The molecule has 0 atom stereocenters. The number of carbonyl (C=O) groups excluding carboxylic acids is 1. The first-order valence-electron chi connectivity index (χ1n) is 6.63. The summed E-state index contributed by atoms with van der Waals surface area (Å²) in [5.41, 5.74) is 0.900. The molecule has 0 radical (unpaired) electrons. The minimum absolute atomic E-state index is 0.134. The lowest BCUT2D eigenvalue weighted by Gasteiger charge is -2.08. The fraction of sp³-hybridized carbons (Fsp3) is 0.400. The molecule has 0 bridgehead atoms. The molecular formula is C15H18FN3O. The van der Waals surface area contributed by atoms with Gasteiger partial charge in [0.1, 0.15) is 18.0 Å². The van der Waals surface area contributed by atoms with E-state index < -0.39 is 0 Å². The van der Waals surface area contributed by atoms with E-state index in [-0.39, 0.29) is 18.0 Å². The molecule has 5 heteroatoms. The standard InChI is InChI=1S/C15H18FN3O/c1-10(2)8-19-15(17-9-18-19)7-14(20)12-5-4-11(3)13(16)6-12/h4-6,9-10H,7-8H2,1-3H3. The summed E-state index contributed by atoms with van der Waals surface area (Å²) < 4.78 is 15.2. The molecule has 0 spiro atoms. The number of ketones is 1. The molecule has 1 heterocycles. The number of halogens is 1. The van der Waals surface area contributed by atoms with E-state index >= 15 is 0 Å². The topological polar surface area (TPSA) is 47.8 Å². The van der Waals surface area contributed by atoms with E-state index in [9.17, 15) is 9.18 Å². The SMILES string of the molecule is Cc1ccc(C(=O)Cc2ncnn2CC(C)C)cc1F. The number of aryl methyl sites for hydroxylation is 1. The summed E-state index contributed by atoms with van der Waals surface area (Å²) in [6, 6.07) is 4.53. The van der Waals surface area contributed by atoms with Crippen molar-refractivity contribution < 1.29 is 9.18 Å². The van der Waals surface area contributed by atoms with Crippen LogP contribution in [0.15, 0.2) is 24.5 Å². The fourth-order valence-electron chi connectivity index (χ4n) is 1.94. The Labute approximate surface area is 117 Å². The van der Waals surface area contributed by atoms with Gasteiger partial charge < -0.3 is 0 Å². The molecule has 1 aromatic carbocycles. The van der Waals surface area contributed by atoms with Crippen LogP contribution in [0.3, 0.4) is 0 Å². The van der Waals surface area contributed by atoms with Crippen LogP contribution in [0, 0.1) is 18.7 Å². The molecule has 0 N–H and O–H groups in total. The van der Waals surface area contributed by atoms with Gasteiger partial charge in [0, 0.05) is 12.1 Å². The second-order valence-electron chi connectivity index (χ2n) is 5.32. The summed E-state index contributed by atoms with van der Waals surface area (Å²) >= 11 is 0. The molecule has 0 aliphatic rings. The van der Waals surface area contributed by atoms with Crippen molar-refractivity contribution in [3.63, 3.8) is 0 Å². The quantitative estimate of drug-likeness (QED) is 0.788. The van der Waals surface area contributed by atoms with Gasteiger partial charge in [-0.1, -0.05) is 26.0 Å². The maximum Gasteiger partial charge on any atom is 0.170 e. The molecule has 0 aliphatic carbocycles. The molecule has 2 aromatic rings. The van der Waals surface area contributed by atoms with E-state index in [0.29, 0.717) is 29.4 Å². The van der Waals surface area contributed by atoms with Gasteiger partial charge >= 0.3 is 0 Å². The van der Waals surface area contributed by atoms with Crippen LogP contribution in [0.4, 0.5) is 4.39 Å². The first-order valence-corrected chi connectivity index (χ1v) is 6.63. The zero-order chi connectivity index (χ0) is 14.7. The minimum atomic E-state index is -0.362. The van der Waals surface area contributed by atoms with Gasteiger partial charge in [0.25, 0.3) is 0 Å². The minimum Gasteiger partial charge on any atom is -0.294 e. The van der Waals surface area contributed by atoms with Crippen molar-refractivity contribution in [1.82, 2.24) is 14.8 Å². The predicted molar refractivity (Wildman–Crippen MR) is 74.0 cm³/mol. The second-order valence-corrected chi connectivity index (χ2v) is 5.32. The number of rotatable bonds is 5. The number of carbonyl (C=O) groups is 1. The third-order valence-electron chi connectivity index (χ3n) is 3.05. The van der Waals surface area contributed by atoms with Crippen LogP contribution in [0.2, 0.25) is 0 Å². The smallest absolute Gasteiger partial charge is 0.170 e. The van der Waals surface area contributed by atoms with Crippen LogP contribution in [0.25, 0.3) is 0 Å². The van der Waals surface area contributed by atoms with E-state index in [0.717, 1.165) is 0 Å². The number of aromatic nitrogens is 3. The number of hydrogen-bond acceptors (Lipinski definition) is 3. The lowest BCUT2D eigenvalue weighted by atomic mass is 10.1. The number of hydrogen-bond donors (Lipinski definition) is 0. The molecule has 2 rings (SSSR count). The Morgan fingerprint density at radius 3 is 2.80 bits per heavy atom. The summed E-state index contributed by atoms with van der Waals surface area (Å²) in [5, 5.41) is 4.11. The fourth-order valence-corrected chi connectivity index (χ4v) is 1.94. The number of benzene rings is 1. The maximum absolute atomic E-state index is 13.5. The average Bonchev–Trinajstić information content (AvgIpc) is 2.79. The lowest BCUT2D eigenvalue weighted by molar-refractivity contribution is 0.0988. The molecule has 0 saturated carbocycles. The summed E-state index contributed by atoms with van der Waals surface area (Å²) in [4.78, 5) is 16.3. The highest BCUT2D eigenvalue weighted by molar-refractivity contribution is 5.97. The zero-order valence-electron chi connectivity index (χ0n) is 11.9. The van der Waals surface area contributed by atoms with Crippen molar-refractivity contribution in [2.75, 3.05) is 0 Å². The normalized spacial score (nSPS) is 11.1. The van der Waals surface area contributed by atoms with Crippen molar-refractivity contribution in [3.8, 4) is 0 Å². The monoisotopic (exact) mass is 275 g/mol. The average molecular weight is 275 g/mol. The van der Waals surface area contributed by atoms with Gasteiger partial charge in [0.15, 0.2) is 5.78 Å². The van der Waals surface area contributed by atoms with E-state index in [1.165, 1.54) is 12.4 Å². The highest BCUT2D eigenvalue weighted by Gasteiger charge is 2.14. The molecule has 0 fully saturated rings. The number of nitrogens with zero attached hydrogens (tertiary/aromatic N) is 3. The number of Topliss-reactive ketones (excluding diaryl/α,β-unsaturated/α-hetero) is 1. The van der Waals surface area contributed by atoms with Gasteiger partial charge in [-0.15, -0.1) is 0 Å². The third-order valence-corrected chi connectivity index (χ3v) is 3.05. The van der Waals surface area contributed by atoms with Gasteiger partial charge in [-0.25, -0.2) is 14.1 Å². The van der Waals surface area contributed by atoms with Crippen molar-refractivity contribution in [2.24, 2.45) is 5.92 Å². The summed E-state index contributed by atoms with van der Waals surface area (Å²) in [6.07, 6.45) is 1.58. The van der Waals surface area contributed by atoms with E-state index in [1.807, 2.05) is 0 Å². The molecule has 0 aliphatic heterocycles. The van der Waals surface area contributed by atoms with Crippen LogP contribution in [0.1, 0.15) is 35.6 Å². The largest absolute Gasteiger partial charge is 0.294 e. The van der Waals surface area contributed by atoms with Gasteiger partial charge in [-0.05, 0) is 24.5 Å². The Hall–Kier alpha value is -2.04. The van der Waals surface area contributed by atoms with Crippen molar-refractivity contribution >= 4 is 5.78 Å². The van der Waals surface area contributed by atoms with Gasteiger partial charge in [0.05, 0.1) is 6.42 Å².